The number of hydrogen-bond acceptors (Lipinski definition) is 6. The highest BCUT2D eigenvalue weighted by Crippen LogP contribution is 2.46. The van der Waals surface area contributed by atoms with Crippen molar-refractivity contribution in [2.45, 2.75) is 146 Å². The molecule has 2 saturated heterocycles. The highest BCUT2D eigenvalue weighted by Gasteiger charge is 2.42. The number of likely N-dealkylation sites (N-methyl/N-ethyl adjacent to an activating group) is 1. The Morgan fingerprint density at radius 1 is 0.571 bits per heavy atom. The van der Waals surface area contributed by atoms with Gasteiger partial charge in [0.2, 0.25) is 0 Å². The molecule has 3 aliphatic carbocycles. The van der Waals surface area contributed by atoms with Gasteiger partial charge in [-0.15, -0.1) is 22.7 Å². The van der Waals surface area contributed by atoms with Crippen LogP contribution in [-0.4, -0.2) is 48.3 Å². The van der Waals surface area contributed by atoms with E-state index < -0.39 is 0 Å². The molecule has 5 fully saturated rings. The van der Waals surface area contributed by atoms with Crippen LogP contribution < -0.4 is 5.32 Å². The van der Waals surface area contributed by atoms with Gasteiger partial charge < -0.3 is 5.32 Å². The highest BCUT2D eigenvalue weighted by atomic mass is 32.1. The first-order valence-electron chi connectivity index (χ1n) is 20.0. The summed E-state index contributed by atoms with van der Waals surface area (Å²) < 4.78 is 0. The molecule has 0 amide bonds. The maximum Gasteiger partial charge on any atom is 0.158 e. The second-order valence-electron chi connectivity index (χ2n) is 15.3. The fourth-order valence-electron chi connectivity index (χ4n) is 9.92. The lowest BCUT2D eigenvalue weighted by atomic mass is 9.75. The molecule has 268 valence electrons. The van der Waals surface area contributed by atoms with E-state index in [0.29, 0.717) is 16.9 Å². The average Bonchev–Trinajstić information content (AvgIpc) is 4.00. The van der Waals surface area contributed by atoms with E-state index in [1.165, 1.54) is 127 Å². The maximum atomic E-state index is 12.1. The molecule has 1 aromatic carbocycles. The summed E-state index contributed by atoms with van der Waals surface area (Å²) in [6.07, 6.45) is 25.0. The van der Waals surface area contributed by atoms with Gasteiger partial charge in [-0.25, -0.2) is 0 Å². The number of carbonyl (C=O) groups is 1. The van der Waals surface area contributed by atoms with Gasteiger partial charge in [0.15, 0.2) is 5.78 Å². The Bertz CT molecular complexity index is 1350. The van der Waals surface area contributed by atoms with Crippen molar-refractivity contribution in [1.82, 2.24) is 15.1 Å². The lowest BCUT2D eigenvalue weighted by Crippen LogP contribution is -2.50. The minimum atomic E-state index is -0.360. The van der Waals surface area contributed by atoms with Crippen LogP contribution in [0.1, 0.15) is 144 Å². The monoisotopic (exact) mass is 701 g/mol. The van der Waals surface area contributed by atoms with Crippen molar-refractivity contribution in [3.63, 3.8) is 0 Å². The Kier molecular flexibility index (Phi) is 13.6. The number of nitrogens with one attached hydrogen (secondary N) is 1. The lowest BCUT2D eigenvalue weighted by molar-refractivity contribution is -0.127. The van der Waals surface area contributed by atoms with Crippen LogP contribution in [0.25, 0.3) is 0 Å². The molecule has 4 heterocycles. The fraction of sp³-hybridized carbons (Fsp3) is 0.651. The predicted octanol–water partition coefficient (Wildman–Crippen LogP) is 11.0. The first-order chi connectivity index (χ1) is 24.1. The van der Waals surface area contributed by atoms with Gasteiger partial charge in [0.05, 0.1) is 5.54 Å². The Morgan fingerprint density at radius 2 is 1.08 bits per heavy atom. The van der Waals surface area contributed by atoms with Crippen molar-refractivity contribution in [1.29, 1.82) is 0 Å². The summed E-state index contributed by atoms with van der Waals surface area (Å²) in [5.74, 6) is 0.373. The molecule has 8 rings (SSSR count). The van der Waals surface area contributed by atoms with Crippen molar-refractivity contribution in [2.75, 3.05) is 32.7 Å². The van der Waals surface area contributed by atoms with Crippen molar-refractivity contribution in [3.05, 3.63) is 80.7 Å². The maximum absolute atomic E-state index is 12.1. The van der Waals surface area contributed by atoms with Gasteiger partial charge in [-0.3, -0.25) is 14.6 Å². The second-order valence-corrected chi connectivity index (χ2v) is 17.2. The van der Waals surface area contributed by atoms with E-state index in [1.54, 1.807) is 21.8 Å². The summed E-state index contributed by atoms with van der Waals surface area (Å²) in [5, 5.41) is 7.72. The largest absolute Gasteiger partial charge is 0.301 e. The Hall–Kier alpha value is -1.83. The van der Waals surface area contributed by atoms with E-state index in [9.17, 15) is 4.79 Å². The summed E-state index contributed by atoms with van der Waals surface area (Å²) in [6.45, 7) is 8.21. The van der Waals surface area contributed by atoms with Crippen molar-refractivity contribution in [3.8, 4) is 0 Å². The van der Waals surface area contributed by atoms with E-state index in [-0.39, 0.29) is 5.54 Å². The van der Waals surface area contributed by atoms with Crippen molar-refractivity contribution >= 4 is 28.5 Å². The molecule has 1 unspecified atom stereocenters. The summed E-state index contributed by atoms with van der Waals surface area (Å²) in [5.41, 5.74) is 2.02. The number of ketones is 1. The molecule has 49 heavy (non-hydrogen) atoms. The molecule has 0 bridgehead atoms. The summed E-state index contributed by atoms with van der Waals surface area (Å²) in [4.78, 5) is 20.6. The fourth-order valence-corrected chi connectivity index (χ4v) is 11.9. The topological polar surface area (TPSA) is 35.6 Å². The van der Waals surface area contributed by atoms with Gasteiger partial charge >= 0.3 is 0 Å². The zero-order valence-electron chi connectivity index (χ0n) is 30.4. The van der Waals surface area contributed by atoms with E-state index in [0.717, 1.165) is 32.2 Å². The summed E-state index contributed by atoms with van der Waals surface area (Å²) in [6, 6.07) is 20.0. The molecule has 4 nitrogen and oxygen atoms in total. The second kappa shape index (κ2) is 18.1. The Morgan fingerprint density at radius 3 is 1.63 bits per heavy atom. The minimum Gasteiger partial charge on any atom is -0.301 e. The molecule has 3 aromatic rings. The van der Waals surface area contributed by atoms with Crippen LogP contribution in [0.4, 0.5) is 0 Å². The van der Waals surface area contributed by atoms with Gasteiger partial charge in [0.25, 0.3) is 0 Å². The molecule has 2 aromatic heterocycles. The number of rotatable bonds is 7. The minimum absolute atomic E-state index is 0.360. The first-order valence-corrected chi connectivity index (χ1v) is 21.8. The molecule has 3 saturated carbocycles. The smallest absolute Gasteiger partial charge is 0.158 e. The van der Waals surface area contributed by atoms with E-state index >= 15 is 0 Å². The van der Waals surface area contributed by atoms with Crippen LogP contribution in [-0.2, 0) is 21.4 Å². The number of benzene rings is 1. The highest BCUT2D eigenvalue weighted by molar-refractivity contribution is 7.10. The van der Waals surface area contributed by atoms with Gasteiger partial charge in [-0.1, -0.05) is 101 Å². The van der Waals surface area contributed by atoms with Crippen LogP contribution in [0.5, 0.6) is 0 Å². The Labute approximate surface area is 306 Å². The lowest BCUT2D eigenvalue weighted by Gasteiger charge is -2.48. The van der Waals surface area contributed by atoms with Crippen LogP contribution >= 0.6 is 22.7 Å². The number of hydrogen-bond donors (Lipinski definition) is 1. The number of Topliss-reactive ketones (excluding diaryl/α,β-unsaturated/α-hetero) is 1. The molecule has 2 aliphatic heterocycles. The van der Waals surface area contributed by atoms with Crippen molar-refractivity contribution < 1.29 is 4.79 Å². The molecular formula is C43H63N3OS2. The number of likely N-dealkylation sites (tertiary alicyclic amines) is 2. The number of thiophene rings is 2. The van der Waals surface area contributed by atoms with Crippen LogP contribution in [0.15, 0.2) is 65.4 Å². The van der Waals surface area contributed by atoms with E-state index in [1.807, 2.05) is 17.4 Å². The molecule has 5 aliphatic rings. The third kappa shape index (κ3) is 8.46. The number of piperidine rings is 1. The molecular weight excluding hydrogens is 639 g/mol. The quantitative estimate of drug-likeness (QED) is 0.266. The van der Waals surface area contributed by atoms with Crippen LogP contribution in [0.3, 0.4) is 0 Å². The van der Waals surface area contributed by atoms with Crippen LogP contribution in [0, 0.1) is 0 Å². The molecule has 6 heteroatoms. The van der Waals surface area contributed by atoms with Crippen molar-refractivity contribution in [2.24, 2.45) is 0 Å². The standard InChI is InChI=1S/C16H23N.C15H23NS.C12H17NOS/c1-3-9-15(10-4-1)16(11-5-2-6-12-16)17-13-7-8-14-17;1-3-9-15(10-4-1,14-8-7-13-17-14)16-11-5-2-6-12-16;1-2-13-12(11-7-5-9-15-11)8-4-3-6-10(12)14/h1,3-4,9-10H,2,5-8,11-14H2;7-8,13H,1-6,9-12H2;5,7,9,13H,2-4,6,8H2,1H3. The van der Waals surface area contributed by atoms with E-state index in [2.05, 4.69) is 81.3 Å². The molecule has 1 N–H and O–H groups in total. The predicted molar refractivity (Wildman–Crippen MR) is 210 cm³/mol. The first kappa shape index (κ1) is 36.9. The average molecular weight is 702 g/mol. The SMILES string of the molecule is CCNC1(c2cccs2)CCCCC1=O.c1ccc(C2(N3CCCC3)CCCCC2)cc1.c1csc(C2(N3CCCCC3)CCCCC2)c1. The zero-order chi connectivity index (χ0) is 33.8. The molecule has 1 atom stereocenters. The third-order valence-corrected chi connectivity index (χ3v) is 14.5. The number of carbonyl (C=O) groups excluding carboxylic acids is 1. The van der Waals surface area contributed by atoms with Gasteiger partial charge in [-0.2, -0.15) is 0 Å². The van der Waals surface area contributed by atoms with Gasteiger partial charge in [0.1, 0.15) is 5.54 Å². The molecule has 0 radical (unpaired) electrons. The summed E-state index contributed by atoms with van der Waals surface area (Å²) >= 11 is 3.67. The third-order valence-electron chi connectivity index (χ3n) is 12.4. The van der Waals surface area contributed by atoms with Gasteiger partial charge in [-0.05, 0) is 125 Å². The molecule has 0 spiro atoms. The van der Waals surface area contributed by atoms with Gasteiger partial charge in [0, 0.05) is 21.7 Å². The number of nitrogens with zero attached hydrogens (tertiary/aromatic N) is 2. The normalized spacial score (nSPS) is 25.9. The van der Waals surface area contributed by atoms with E-state index in [4.69, 9.17) is 0 Å². The summed E-state index contributed by atoms with van der Waals surface area (Å²) in [7, 11) is 0. The van der Waals surface area contributed by atoms with Crippen LogP contribution in [0.2, 0.25) is 0 Å². The zero-order valence-corrected chi connectivity index (χ0v) is 32.1. The Balaban J connectivity index is 0.000000128.